The fraction of sp³-hybridized carbons (Fsp3) is 0.118. The first-order chi connectivity index (χ1) is 10.1. The minimum absolute atomic E-state index is 0.109. The molecule has 0 aliphatic heterocycles. The van der Waals surface area contributed by atoms with Crippen molar-refractivity contribution in [2.24, 2.45) is 0 Å². The second-order valence-electron chi connectivity index (χ2n) is 5.07. The molecule has 0 radical (unpaired) electrons. The van der Waals surface area contributed by atoms with Crippen molar-refractivity contribution >= 4 is 38.4 Å². The van der Waals surface area contributed by atoms with E-state index in [-0.39, 0.29) is 5.91 Å². The van der Waals surface area contributed by atoms with Gasteiger partial charge in [-0.15, -0.1) is 0 Å². The third kappa shape index (κ3) is 2.59. The third-order valence-electron chi connectivity index (χ3n) is 3.69. The zero-order valence-electron chi connectivity index (χ0n) is 11.8. The molecule has 1 amide bonds. The van der Waals surface area contributed by atoms with E-state index in [2.05, 4.69) is 33.2 Å². The van der Waals surface area contributed by atoms with E-state index in [1.54, 1.807) is 0 Å². The Labute approximate surface area is 131 Å². The molecule has 0 unspecified atom stereocenters. The van der Waals surface area contributed by atoms with Crippen molar-refractivity contribution in [3.63, 3.8) is 0 Å². The van der Waals surface area contributed by atoms with E-state index in [1.165, 1.54) is 5.56 Å². The maximum atomic E-state index is 12.4. The number of rotatable bonds is 2. The average Bonchev–Trinajstić information content (AvgIpc) is 2.76. The monoisotopic (exact) mass is 342 g/mol. The van der Waals surface area contributed by atoms with Crippen LogP contribution in [-0.4, -0.2) is 10.9 Å². The van der Waals surface area contributed by atoms with Crippen LogP contribution in [0, 0.1) is 13.8 Å². The standard InChI is InChI=1S/C17H15BrN2O/c1-10-11(2)19-15-8-7-12(9-13(10)15)17(21)20-16-6-4-3-5-14(16)18/h3-9,19H,1-2H3,(H,20,21). The van der Waals surface area contributed by atoms with Crippen LogP contribution in [0.25, 0.3) is 10.9 Å². The molecule has 0 aliphatic carbocycles. The van der Waals surface area contributed by atoms with Crippen LogP contribution in [0.5, 0.6) is 0 Å². The Bertz CT molecular complexity index is 836. The number of carbonyl (C=O) groups excluding carboxylic acids is 1. The molecule has 4 heteroatoms. The minimum Gasteiger partial charge on any atom is -0.358 e. The van der Waals surface area contributed by atoms with Crippen molar-refractivity contribution in [2.75, 3.05) is 5.32 Å². The summed E-state index contributed by atoms with van der Waals surface area (Å²) in [5.74, 6) is -0.109. The summed E-state index contributed by atoms with van der Waals surface area (Å²) in [7, 11) is 0. The lowest BCUT2D eigenvalue weighted by Gasteiger charge is -2.07. The second kappa shape index (κ2) is 5.37. The largest absolute Gasteiger partial charge is 0.358 e. The van der Waals surface area contributed by atoms with Gasteiger partial charge in [0.15, 0.2) is 0 Å². The Morgan fingerprint density at radius 2 is 1.90 bits per heavy atom. The van der Waals surface area contributed by atoms with Gasteiger partial charge in [-0.3, -0.25) is 4.79 Å². The summed E-state index contributed by atoms with van der Waals surface area (Å²) in [6.07, 6.45) is 0. The number of halogens is 1. The number of aromatic nitrogens is 1. The Morgan fingerprint density at radius 3 is 2.67 bits per heavy atom. The number of aromatic amines is 1. The smallest absolute Gasteiger partial charge is 0.255 e. The number of benzene rings is 2. The van der Waals surface area contributed by atoms with Crippen molar-refractivity contribution in [2.45, 2.75) is 13.8 Å². The van der Waals surface area contributed by atoms with Gasteiger partial charge in [0.1, 0.15) is 0 Å². The van der Waals surface area contributed by atoms with Crippen molar-refractivity contribution in [1.82, 2.24) is 4.98 Å². The van der Waals surface area contributed by atoms with E-state index in [4.69, 9.17) is 0 Å². The van der Waals surface area contributed by atoms with Gasteiger partial charge in [0.2, 0.25) is 0 Å². The SMILES string of the molecule is Cc1[nH]c2ccc(C(=O)Nc3ccccc3Br)cc2c1C. The molecule has 3 rings (SSSR count). The van der Waals surface area contributed by atoms with E-state index in [1.807, 2.05) is 49.4 Å². The number of carbonyl (C=O) groups is 1. The molecule has 0 bridgehead atoms. The predicted molar refractivity (Wildman–Crippen MR) is 89.9 cm³/mol. The Balaban J connectivity index is 1.95. The Morgan fingerprint density at radius 1 is 1.14 bits per heavy atom. The first kappa shape index (κ1) is 13.9. The summed E-state index contributed by atoms with van der Waals surface area (Å²) in [5.41, 5.74) is 4.79. The lowest BCUT2D eigenvalue weighted by Crippen LogP contribution is -2.12. The molecule has 2 aromatic carbocycles. The van der Waals surface area contributed by atoms with Gasteiger partial charge in [0.25, 0.3) is 5.91 Å². The highest BCUT2D eigenvalue weighted by molar-refractivity contribution is 9.10. The highest BCUT2D eigenvalue weighted by atomic mass is 79.9. The molecule has 0 spiro atoms. The molecule has 3 aromatic rings. The first-order valence-corrected chi connectivity index (χ1v) is 7.50. The fourth-order valence-corrected chi connectivity index (χ4v) is 2.74. The van der Waals surface area contributed by atoms with E-state index in [0.29, 0.717) is 5.56 Å². The first-order valence-electron chi connectivity index (χ1n) is 6.71. The van der Waals surface area contributed by atoms with Gasteiger partial charge in [0.05, 0.1) is 5.69 Å². The van der Waals surface area contributed by atoms with Crippen LogP contribution in [0.1, 0.15) is 21.6 Å². The zero-order valence-corrected chi connectivity index (χ0v) is 13.4. The molecule has 0 saturated carbocycles. The van der Waals surface area contributed by atoms with Gasteiger partial charge in [0, 0.05) is 26.6 Å². The second-order valence-corrected chi connectivity index (χ2v) is 5.92. The van der Waals surface area contributed by atoms with E-state index in [9.17, 15) is 4.79 Å². The lowest BCUT2D eigenvalue weighted by molar-refractivity contribution is 0.102. The van der Waals surface area contributed by atoms with Crippen LogP contribution >= 0.6 is 15.9 Å². The average molecular weight is 343 g/mol. The molecule has 0 fully saturated rings. The summed E-state index contributed by atoms with van der Waals surface area (Å²) in [6.45, 7) is 4.10. The highest BCUT2D eigenvalue weighted by Gasteiger charge is 2.11. The Hall–Kier alpha value is -2.07. The van der Waals surface area contributed by atoms with Crippen molar-refractivity contribution < 1.29 is 4.79 Å². The Kier molecular flexibility index (Phi) is 3.55. The van der Waals surface area contributed by atoms with Gasteiger partial charge in [-0.2, -0.15) is 0 Å². The molecule has 106 valence electrons. The molecule has 2 N–H and O–H groups in total. The summed E-state index contributed by atoms with van der Waals surface area (Å²) in [5, 5.41) is 4.01. The summed E-state index contributed by atoms with van der Waals surface area (Å²) in [6, 6.07) is 13.3. The quantitative estimate of drug-likeness (QED) is 0.690. The van der Waals surface area contributed by atoms with Crippen LogP contribution in [0.3, 0.4) is 0 Å². The molecule has 0 aliphatic rings. The van der Waals surface area contributed by atoms with E-state index in [0.717, 1.165) is 26.8 Å². The summed E-state index contributed by atoms with van der Waals surface area (Å²) in [4.78, 5) is 15.7. The van der Waals surface area contributed by atoms with E-state index < -0.39 is 0 Å². The van der Waals surface area contributed by atoms with Crippen LogP contribution in [0.15, 0.2) is 46.9 Å². The molecule has 0 saturated heterocycles. The van der Waals surface area contributed by atoms with Crippen LogP contribution in [0.2, 0.25) is 0 Å². The number of anilines is 1. The lowest BCUT2D eigenvalue weighted by atomic mass is 10.1. The normalized spacial score (nSPS) is 10.8. The van der Waals surface area contributed by atoms with Gasteiger partial charge in [-0.05, 0) is 65.7 Å². The number of fused-ring (bicyclic) bond motifs is 1. The molecular formula is C17H15BrN2O. The van der Waals surface area contributed by atoms with Crippen molar-refractivity contribution in [1.29, 1.82) is 0 Å². The van der Waals surface area contributed by atoms with Gasteiger partial charge >= 0.3 is 0 Å². The van der Waals surface area contributed by atoms with Gasteiger partial charge in [-0.1, -0.05) is 12.1 Å². The van der Waals surface area contributed by atoms with Crippen LogP contribution in [0.4, 0.5) is 5.69 Å². The zero-order chi connectivity index (χ0) is 15.0. The summed E-state index contributed by atoms with van der Waals surface area (Å²) >= 11 is 3.43. The predicted octanol–water partition coefficient (Wildman–Crippen LogP) is 4.80. The minimum atomic E-state index is -0.109. The topological polar surface area (TPSA) is 44.9 Å². The van der Waals surface area contributed by atoms with Crippen LogP contribution < -0.4 is 5.32 Å². The number of hydrogen-bond acceptors (Lipinski definition) is 1. The molecular weight excluding hydrogens is 328 g/mol. The maximum absolute atomic E-state index is 12.4. The summed E-state index contributed by atoms with van der Waals surface area (Å²) < 4.78 is 0.869. The third-order valence-corrected chi connectivity index (χ3v) is 4.38. The van der Waals surface area contributed by atoms with Gasteiger partial charge < -0.3 is 10.3 Å². The molecule has 1 heterocycles. The van der Waals surface area contributed by atoms with Crippen molar-refractivity contribution in [3.8, 4) is 0 Å². The number of nitrogens with one attached hydrogen (secondary N) is 2. The molecule has 1 aromatic heterocycles. The van der Waals surface area contributed by atoms with Gasteiger partial charge in [-0.25, -0.2) is 0 Å². The molecule has 3 nitrogen and oxygen atoms in total. The number of hydrogen-bond donors (Lipinski definition) is 2. The maximum Gasteiger partial charge on any atom is 0.255 e. The molecule has 0 atom stereocenters. The highest BCUT2D eigenvalue weighted by Crippen LogP contribution is 2.24. The van der Waals surface area contributed by atoms with E-state index >= 15 is 0 Å². The van der Waals surface area contributed by atoms with Crippen LogP contribution in [-0.2, 0) is 0 Å². The number of para-hydroxylation sites is 1. The number of H-pyrrole nitrogens is 1. The number of amides is 1. The number of aryl methyl sites for hydroxylation is 2. The van der Waals surface area contributed by atoms with Crippen molar-refractivity contribution in [3.05, 3.63) is 63.8 Å². The fourth-order valence-electron chi connectivity index (χ4n) is 2.36. The molecule has 21 heavy (non-hydrogen) atoms.